The van der Waals surface area contributed by atoms with Crippen LogP contribution in [-0.2, 0) is 4.74 Å². The number of aromatic hydroxyl groups is 1. The fourth-order valence-corrected chi connectivity index (χ4v) is 8.06. The first-order chi connectivity index (χ1) is 16.5. The van der Waals surface area contributed by atoms with Crippen LogP contribution in [0.3, 0.4) is 0 Å². The SMILES string of the molecule is C[C@@H]1CC[C@H]2C(C)(C)[C@H]3C[C@@]12CC[C@@]3(C)OC(=O)c1cc(NC(=O)c2ccccc2)c(Cl)cc1O. The third kappa shape index (κ3) is 3.74. The number of ether oxygens (including phenoxy) is 1. The van der Waals surface area contributed by atoms with Crippen molar-refractivity contribution < 1.29 is 19.4 Å². The highest BCUT2D eigenvalue weighted by atomic mass is 35.5. The molecule has 2 aromatic rings. The Hall–Kier alpha value is -2.53. The average Bonchev–Trinajstić information content (AvgIpc) is 3.24. The molecule has 0 aliphatic heterocycles. The van der Waals surface area contributed by atoms with Crippen molar-refractivity contribution in [3.05, 3.63) is 58.6 Å². The van der Waals surface area contributed by atoms with E-state index in [2.05, 4.69) is 33.0 Å². The normalized spacial score (nSPS) is 32.7. The molecule has 5 atom stereocenters. The smallest absolute Gasteiger partial charge is 0.342 e. The van der Waals surface area contributed by atoms with E-state index in [4.69, 9.17) is 16.3 Å². The van der Waals surface area contributed by atoms with E-state index in [9.17, 15) is 14.7 Å². The highest BCUT2D eigenvalue weighted by Crippen LogP contribution is 2.73. The second kappa shape index (κ2) is 8.26. The molecule has 0 saturated heterocycles. The van der Waals surface area contributed by atoms with Crippen LogP contribution >= 0.6 is 11.6 Å². The highest BCUT2D eigenvalue weighted by Gasteiger charge is 2.69. The van der Waals surface area contributed by atoms with Crippen molar-refractivity contribution in [3.8, 4) is 5.75 Å². The lowest BCUT2D eigenvalue weighted by Gasteiger charge is -2.46. The van der Waals surface area contributed by atoms with Gasteiger partial charge in [-0.25, -0.2) is 4.79 Å². The minimum absolute atomic E-state index is 0.00337. The molecule has 1 amide bonds. The molecule has 3 saturated carbocycles. The summed E-state index contributed by atoms with van der Waals surface area (Å²) in [6.45, 7) is 9.14. The van der Waals surface area contributed by atoms with Gasteiger partial charge in [-0.05, 0) is 79.9 Å². The Balaban J connectivity index is 1.39. The Bertz CT molecular complexity index is 1180. The van der Waals surface area contributed by atoms with Crippen molar-refractivity contribution in [2.45, 2.75) is 65.4 Å². The quantitative estimate of drug-likeness (QED) is 0.351. The van der Waals surface area contributed by atoms with Crippen molar-refractivity contribution in [1.29, 1.82) is 0 Å². The van der Waals surface area contributed by atoms with E-state index in [1.807, 2.05) is 6.07 Å². The standard InChI is InChI=1S/C29H34ClNO4/c1-17-10-11-23-27(2,3)24-16-29(17,23)13-12-28(24,4)35-26(34)19-14-21(20(30)15-22(19)32)31-25(33)18-8-6-5-7-9-18/h5-9,14-15,17,23-24,32H,10-13,16H2,1-4H3,(H,31,33)/t17-,23+,24-,28-,29+/m1/s1. The summed E-state index contributed by atoms with van der Waals surface area (Å²) < 4.78 is 6.24. The number of hydrogen-bond acceptors (Lipinski definition) is 4. The van der Waals surface area contributed by atoms with E-state index in [1.165, 1.54) is 25.0 Å². The number of fused-ring (bicyclic) bond motifs is 1. The number of anilines is 1. The number of phenols is 1. The summed E-state index contributed by atoms with van der Waals surface area (Å²) >= 11 is 6.29. The summed E-state index contributed by atoms with van der Waals surface area (Å²) in [6, 6.07) is 11.4. The number of phenolic OH excluding ortho intramolecular Hbond substituents is 1. The highest BCUT2D eigenvalue weighted by molar-refractivity contribution is 6.34. The molecule has 1 spiro atoms. The van der Waals surface area contributed by atoms with Gasteiger partial charge in [-0.15, -0.1) is 0 Å². The number of benzene rings is 2. The molecular formula is C29H34ClNO4. The zero-order valence-corrected chi connectivity index (χ0v) is 21.6. The molecule has 3 aliphatic rings. The molecule has 0 unspecified atom stereocenters. The van der Waals surface area contributed by atoms with E-state index in [-0.39, 0.29) is 39.3 Å². The molecule has 186 valence electrons. The molecule has 2 aromatic carbocycles. The van der Waals surface area contributed by atoms with Gasteiger partial charge in [-0.1, -0.05) is 50.6 Å². The summed E-state index contributed by atoms with van der Waals surface area (Å²) in [5.41, 5.74) is 0.541. The topological polar surface area (TPSA) is 75.6 Å². The molecule has 0 heterocycles. The predicted molar refractivity (Wildman–Crippen MR) is 137 cm³/mol. The molecule has 3 aliphatic carbocycles. The molecule has 0 radical (unpaired) electrons. The van der Waals surface area contributed by atoms with Crippen LogP contribution in [0.25, 0.3) is 0 Å². The Morgan fingerprint density at radius 2 is 1.77 bits per heavy atom. The maximum Gasteiger partial charge on any atom is 0.342 e. The summed E-state index contributed by atoms with van der Waals surface area (Å²) in [6.07, 6.45) is 5.50. The van der Waals surface area contributed by atoms with Crippen LogP contribution in [0.2, 0.25) is 5.02 Å². The largest absolute Gasteiger partial charge is 0.507 e. The zero-order valence-electron chi connectivity index (χ0n) is 20.9. The molecule has 5 nitrogen and oxygen atoms in total. The fourth-order valence-electron chi connectivity index (χ4n) is 7.85. The molecule has 2 N–H and O–H groups in total. The Morgan fingerprint density at radius 1 is 1.06 bits per heavy atom. The summed E-state index contributed by atoms with van der Waals surface area (Å²) in [4.78, 5) is 26.0. The number of esters is 1. The van der Waals surface area contributed by atoms with Gasteiger partial charge in [0.25, 0.3) is 5.91 Å². The lowest BCUT2D eigenvalue weighted by molar-refractivity contribution is -0.0883. The van der Waals surface area contributed by atoms with Crippen molar-refractivity contribution >= 4 is 29.2 Å². The summed E-state index contributed by atoms with van der Waals surface area (Å²) in [7, 11) is 0. The number of halogens is 1. The van der Waals surface area contributed by atoms with E-state index in [0.717, 1.165) is 19.3 Å². The van der Waals surface area contributed by atoms with Crippen molar-refractivity contribution in [2.24, 2.45) is 28.6 Å². The van der Waals surface area contributed by atoms with E-state index in [1.54, 1.807) is 24.3 Å². The van der Waals surface area contributed by atoms with E-state index < -0.39 is 11.6 Å². The Labute approximate surface area is 212 Å². The van der Waals surface area contributed by atoms with Crippen LogP contribution in [0.1, 0.15) is 80.5 Å². The van der Waals surface area contributed by atoms with Gasteiger partial charge in [-0.3, -0.25) is 4.79 Å². The van der Waals surface area contributed by atoms with E-state index >= 15 is 0 Å². The van der Waals surface area contributed by atoms with Gasteiger partial charge in [0.2, 0.25) is 0 Å². The average molecular weight is 496 g/mol. The van der Waals surface area contributed by atoms with Crippen LogP contribution in [0.4, 0.5) is 5.69 Å². The first-order valence-electron chi connectivity index (χ1n) is 12.6. The van der Waals surface area contributed by atoms with Crippen molar-refractivity contribution in [1.82, 2.24) is 0 Å². The Morgan fingerprint density at radius 3 is 2.49 bits per heavy atom. The number of carbonyl (C=O) groups is 2. The Kier molecular flexibility index (Phi) is 5.71. The molecular weight excluding hydrogens is 462 g/mol. The molecule has 5 rings (SSSR count). The molecule has 35 heavy (non-hydrogen) atoms. The third-order valence-electron chi connectivity index (χ3n) is 9.68. The van der Waals surface area contributed by atoms with Crippen molar-refractivity contribution in [2.75, 3.05) is 5.32 Å². The van der Waals surface area contributed by atoms with Crippen LogP contribution < -0.4 is 5.32 Å². The number of rotatable bonds is 4. The van der Waals surface area contributed by atoms with Crippen LogP contribution in [-0.4, -0.2) is 22.6 Å². The zero-order chi connectivity index (χ0) is 25.2. The van der Waals surface area contributed by atoms with E-state index in [0.29, 0.717) is 22.8 Å². The van der Waals surface area contributed by atoms with Crippen LogP contribution in [0.15, 0.2) is 42.5 Å². The van der Waals surface area contributed by atoms with Gasteiger partial charge in [-0.2, -0.15) is 0 Å². The lowest BCUT2D eigenvalue weighted by Crippen LogP contribution is -2.47. The van der Waals surface area contributed by atoms with Crippen LogP contribution in [0, 0.1) is 28.6 Å². The number of carbonyl (C=O) groups excluding carboxylic acids is 2. The lowest BCUT2D eigenvalue weighted by atomic mass is 9.64. The van der Waals surface area contributed by atoms with Crippen LogP contribution in [0.5, 0.6) is 5.75 Å². The molecule has 6 heteroatoms. The summed E-state index contributed by atoms with van der Waals surface area (Å²) in [5.74, 6) is 0.411. The summed E-state index contributed by atoms with van der Waals surface area (Å²) in [5, 5.41) is 13.4. The van der Waals surface area contributed by atoms with Gasteiger partial charge < -0.3 is 15.2 Å². The number of amides is 1. The monoisotopic (exact) mass is 495 g/mol. The minimum Gasteiger partial charge on any atom is -0.507 e. The maximum atomic E-state index is 13.4. The van der Waals surface area contributed by atoms with Gasteiger partial charge in [0.1, 0.15) is 16.9 Å². The maximum absolute atomic E-state index is 13.4. The number of hydrogen-bond donors (Lipinski definition) is 2. The predicted octanol–water partition coefficient (Wildman–Crippen LogP) is 7.09. The van der Waals surface area contributed by atoms with Gasteiger partial charge in [0.05, 0.1) is 10.7 Å². The van der Waals surface area contributed by atoms with Crippen molar-refractivity contribution in [3.63, 3.8) is 0 Å². The molecule has 3 fully saturated rings. The molecule has 0 aromatic heterocycles. The minimum atomic E-state index is -0.616. The second-order valence-electron chi connectivity index (χ2n) is 11.7. The fraction of sp³-hybridized carbons (Fsp3) is 0.517. The van der Waals surface area contributed by atoms with Gasteiger partial charge >= 0.3 is 5.97 Å². The van der Waals surface area contributed by atoms with Gasteiger partial charge in [0, 0.05) is 17.5 Å². The first-order valence-corrected chi connectivity index (χ1v) is 13.0. The van der Waals surface area contributed by atoms with Gasteiger partial charge in [0.15, 0.2) is 0 Å². The third-order valence-corrected chi connectivity index (χ3v) is 10.00. The number of nitrogens with one attached hydrogen (secondary N) is 1. The first kappa shape index (κ1) is 24.2. The molecule has 2 bridgehead atoms. The second-order valence-corrected chi connectivity index (χ2v) is 12.1.